The molecule has 0 atom stereocenters. The minimum absolute atomic E-state index is 0.161. The van der Waals surface area contributed by atoms with E-state index in [-0.39, 0.29) is 11.1 Å². The lowest BCUT2D eigenvalue weighted by Gasteiger charge is -2.10. The van der Waals surface area contributed by atoms with E-state index in [1.54, 1.807) is 12.4 Å². The maximum absolute atomic E-state index is 11.5. The van der Waals surface area contributed by atoms with Gasteiger partial charge >= 0.3 is 0 Å². The van der Waals surface area contributed by atoms with E-state index in [9.17, 15) is 4.79 Å². The average molecular weight is 307 g/mol. The molecule has 2 N–H and O–H groups in total. The summed E-state index contributed by atoms with van der Waals surface area (Å²) in [7, 11) is 0. The molecular weight excluding hydrogens is 292 g/mol. The van der Waals surface area contributed by atoms with Gasteiger partial charge in [-0.3, -0.25) is 4.79 Å². The summed E-state index contributed by atoms with van der Waals surface area (Å²) in [5.41, 5.74) is 9.49. The fourth-order valence-electron chi connectivity index (χ4n) is 1.82. The Hall–Kier alpha value is -1.55. The van der Waals surface area contributed by atoms with Gasteiger partial charge in [-0.1, -0.05) is 18.2 Å². The van der Waals surface area contributed by atoms with Crippen molar-refractivity contribution in [1.82, 2.24) is 4.57 Å². The van der Waals surface area contributed by atoms with Crippen molar-refractivity contribution >= 4 is 21.6 Å². The van der Waals surface area contributed by atoms with Crippen LogP contribution >= 0.6 is 15.9 Å². The van der Waals surface area contributed by atoms with Crippen LogP contribution in [0.3, 0.4) is 0 Å². The van der Waals surface area contributed by atoms with Crippen LogP contribution in [0.15, 0.2) is 39.9 Å². The van der Waals surface area contributed by atoms with E-state index in [1.165, 1.54) is 16.7 Å². The van der Waals surface area contributed by atoms with Crippen molar-refractivity contribution in [1.29, 1.82) is 0 Å². The van der Waals surface area contributed by atoms with Crippen molar-refractivity contribution < 1.29 is 0 Å². The van der Waals surface area contributed by atoms with E-state index >= 15 is 0 Å². The number of nitrogens with two attached hydrogens (primary N) is 1. The van der Waals surface area contributed by atoms with Crippen LogP contribution in [0, 0.1) is 13.8 Å². The fraction of sp³-hybridized carbons (Fsp3) is 0.214. The number of benzene rings is 1. The number of aryl methyl sites for hydroxylation is 2. The van der Waals surface area contributed by atoms with Crippen LogP contribution in [-0.4, -0.2) is 4.57 Å². The van der Waals surface area contributed by atoms with E-state index in [0.717, 1.165) is 0 Å². The largest absolute Gasteiger partial charge is 0.394 e. The summed E-state index contributed by atoms with van der Waals surface area (Å²) in [5, 5.41) is 0. The van der Waals surface area contributed by atoms with E-state index in [2.05, 4.69) is 48.0 Å². The number of anilines is 1. The predicted octanol–water partition coefficient (Wildman–Crippen LogP) is 2.86. The Morgan fingerprint density at radius 2 is 1.94 bits per heavy atom. The molecule has 0 aliphatic carbocycles. The summed E-state index contributed by atoms with van der Waals surface area (Å²) >= 11 is 3.22. The number of aromatic nitrogens is 1. The maximum Gasteiger partial charge on any atom is 0.218 e. The van der Waals surface area contributed by atoms with Crippen LogP contribution in [0.25, 0.3) is 0 Å². The monoisotopic (exact) mass is 306 g/mol. The lowest BCUT2D eigenvalue weighted by atomic mass is 10.1. The van der Waals surface area contributed by atoms with Crippen LogP contribution in [0.1, 0.15) is 16.7 Å². The molecule has 0 bridgehead atoms. The van der Waals surface area contributed by atoms with Gasteiger partial charge in [0.25, 0.3) is 0 Å². The summed E-state index contributed by atoms with van der Waals surface area (Å²) in [4.78, 5) is 11.5. The van der Waals surface area contributed by atoms with Crippen molar-refractivity contribution in [2.75, 3.05) is 5.73 Å². The Kier molecular flexibility index (Phi) is 3.57. The molecule has 94 valence electrons. The minimum Gasteiger partial charge on any atom is -0.394 e. The lowest BCUT2D eigenvalue weighted by molar-refractivity contribution is 0.786. The zero-order chi connectivity index (χ0) is 13.3. The second-order valence-electron chi connectivity index (χ2n) is 4.48. The Bertz CT molecular complexity index is 620. The highest BCUT2D eigenvalue weighted by Crippen LogP contribution is 2.13. The molecule has 0 aliphatic rings. The lowest BCUT2D eigenvalue weighted by Crippen LogP contribution is -2.13. The Labute approximate surface area is 114 Å². The van der Waals surface area contributed by atoms with Crippen LogP contribution in [-0.2, 0) is 6.54 Å². The zero-order valence-corrected chi connectivity index (χ0v) is 12.0. The minimum atomic E-state index is -0.161. The molecule has 1 aromatic heterocycles. The molecule has 1 aromatic carbocycles. The van der Waals surface area contributed by atoms with Crippen molar-refractivity contribution in [2.45, 2.75) is 20.4 Å². The van der Waals surface area contributed by atoms with Crippen LogP contribution in [0.5, 0.6) is 0 Å². The van der Waals surface area contributed by atoms with Gasteiger partial charge < -0.3 is 10.3 Å². The first-order chi connectivity index (χ1) is 8.47. The number of nitrogens with zero attached hydrogens (tertiary/aromatic N) is 1. The third-order valence-corrected chi connectivity index (χ3v) is 3.56. The molecule has 0 amide bonds. The summed E-state index contributed by atoms with van der Waals surface area (Å²) in [6.45, 7) is 4.88. The molecule has 3 nitrogen and oxygen atoms in total. The maximum atomic E-state index is 11.5. The molecular formula is C14H15BrN2O. The Morgan fingerprint density at radius 3 is 2.56 bits per heavy atom. The number of pyridine rings is 1. The Morgan fingerprint density at radius 1 is 1.22 bits per heavy atom. The van der Waals surface area contributed by atoms with E-state index in [1.807, 2.05) is 4.57 Å². The summed E-state index contributed by atoms with van der Waals surface area (Å²) in [6.07, 6.45) is 3.43. The molecule has 4 heteroatoms. The third-order valence-electron chi connectivity index (χ3n) is 3.00. The molecule has 18 heavy (non-hydrogen) atoms. The normalized spacial score (nSPS) is 10.6. The third kappa shape index (κ3) is 2.64. The highest BCUT2D eigenvalue weighted by Gasteiger charge is 2.03. The van der Waals surface area contributed by atoms with Gasteiger partial charge in [-0.15, -0.1) is 0 Å². The molecule has 2 rings (SSSR count). The summed E-state index contributed by atoms with van der Waals surface area (Å²) in [5.74, 6) is 0. The van der Waals surface area contributed by atoms with Crippen molar-refractivity contribution in [3.8, 4) is 0 Å². The van der Waals surface area contributed by atoms with Gasteiger partial charge in [0.05, 0.1) is 10.2 Å². The van der Waals surface area contributed by atoms with E-state index in [4.69, 9.17) is 5.73 Å². The van der Waals surface area contributed by atoms with Crippen LogP contribution in [0.4, 0.5) is 5.69 Å². The van der Waals surface area contributed by atoms with Crippen LogP contribution in [0.2, 0.25) is 0 Å². The fourth-order valence-corrected chi connectivity index (χ4v) is 2.31. The van der Waals surface area contributed by atoms with Gasteiger partial charge in [-0.05, 0) is 46.5 Å². The molecule has 0 spiro atoms. The van der Waals surface area contributed by atoms with Gasteiger partial charge in [0, 0.05) is 18.9 Å². The number of nitrogen functional groups attached to an aromatic ring is 1. The second kappa shape index (κ2) is 4.98. The standard InChI is InChI=1S/C14H15BrN2O/c1-9-3-4-11(5-10(9)2)6-17-7-12(15)14(18)13(16)8-17/h3-5,7-8H,6,16H2,1-2H3. The van der Waals surface area contributed by atoms with Gasteiger partial charge in [0.15, 0.2) is 0 Å². The van der Waals surface area contributed by atoms with Gasteiger partial charge in [-0.25, -0.2) is 0 Å². The SMILES string of the molecule is Cc1ccc(Cn2cc(N)c(=O)c(Br)c2)cc1C. The number of hydrogen-bond acceptors (Lipinski definition) is 2. The number of halogens is 1. The quantitative estimate of drug-likeness (QED) is 0.927. The predicted molar refractivity (Wildman–Crippen MR) is 77.8 cm³/mol. The van der Waals surface area contributed by atoms with E-state index in [0.29, 0.717) is 11.0 Å². The second-order valence-corrected chi connectivity index (χ2v) is 5.34. The molecule has 0 unspecified atom stereocenters. The number of hydrogen-bond donors (Lipinski definition) is 1. The molecule has 0 saturated heterocycles. The number of rotatable bonds is 2. The van der Waals surface area contributed by atoms with Crippen molar-refractivity contribution in [3.63, 3.8) is 0 Å². The van der Waals surface area contributed by atoms with Crippen molar-refractivity contribution in [2.24, 2.45) is 0 Å². The van der Waals surface area contributed by atoms with Crippen molar-refractivity contribution in [3.05, 3.63) is 62.0 Å². The molecule has 1 heterocycles. The van der Waals surface area contributed by atoms with Gasteiger partial charge in [0.1, 0.15) is 0 Å². The molecule has 0 radical (unpaired) electrons. The average Bonchev–Trinajstić information content (AvgIpc) is 2.31. The summed E-state index contributed by atoms with van der Waals surface area (Å²) in [6, 6.07) is 6.34. The molecule has 0 fully saturated rings. The van der Waals surface area contributed by atoms with Crippen LogP contribution < -0.4 is 11.2 Å². The highest BCUT2D eigenvalue weighted by molar-refractivity contribution is 9.10. The summed E-state index contributed by atoms with van der Waals surface area (Å²) < 4.78 is 2.40. The van der Waals surface area contributed by atoms with E-state index < -0.39 is 0 Å². The molecule has 2 aromatic rings. The molecule has 0 saturated carbocycles. The van der Waals surface area contributed by atoms with Gasteiger partial charge in [0.2, 0.25) is 5.43 Å². The molecule has 0 aliphatic heterocycles. The smallest absolute Gasteiger partial charge is 0.218 e. The first kappa shape index (κ1) is 12.9. The zero-order valence-electron chi connectivity index (χ0n) is 10.4. The van der Waals surface area contributed by atoms with Gasteiger partial charge in [-0.2, -0.15) is 0 Å². The first-order valence-electron chi connectivity index (χ1n) is 5.68. The first-order valence-corrected chi connectivity index (χ1v) is 6.48. The Balaban J connectivity index is 2.34. The topological polar surface area (TPSA) is 48.0 Å². The highest BCUT2D eigenvalue weighted by atomic mass is 79.9.